The Labute approximate surface area is 103 Å². The van der Waals surface area contributed by atoms with Crippen molar-refractivity contribution in [3.05, 3.63) is 29.1 Å². The van der Waals surface area contributed by atoms with Crippen LogP contribution in [0.1, 0.15) is 26.3 Å². The van der Waals surface area contributed by atoms with Gasteiger partial charge < -0.3 is 4.74 Å². The van der Waals surface area contributed by atoms with Crippen LogP contribution in [-0.2, 0) is 4.74 Å². The highest BCUT2D eigenvalue weighted by Gasteiger charge is 2.20. The lowest BCUT2D eigenvalue weighted by Crippen LogP contribution is -2.27. The van der Waals surface area contributed by atoms with E-state index in [1.54, 1.807) is 20.8 Å². The van der Waals surface area contributed by atoms with Gasteiger partial charge in [-0.15, -0.1) is 0 Å². The monoisotopic (exact) mass is 261 g/mol. The van der Waals surface area contributed by atoms with E-state index >= 15 is 0 Å². The summed E-state index contributed by atoms with van der Waals surface area (Å²) in [6.45, 7) is 5.93. The minimum absolute atomic E-state index is 0.442. The Morgan fingerprint density at radius 3 is 2.28 bits per heavy atom. The van der Waals surface area contributed by atoms with Crippen LogP contribution in [0.5, 0.6) is 0 Å². The van der Waals surface area contributed by atoms with E-state index in [9.17, 15) is 18.0 Å². The van der Waals surface area contributed by atoms with E-state index in [1.165, 1.54) is 0 Å². The van der Waals surface area contributed by atoms with Crippen LogP contribution in [0.4, 0.5) is 23.7 Å². The maximum absolute atomic E-state index is 13.4. The van der Waals surface area contributed by atoms with Gasteiger partial charge in [-0.05, 0) is 27.7 Å². The van der Waals surface area contributed by atoms with Crippen LogP contribution < -0.4 is 5.32 Å². The Bertz CT molecular complexity index is 481. The topological polar surface area (TPSA) is 38.3 Å². The molecule has 0 heterocycles. The van der Waals surface area contributed by atoms with Crippen molar-refractivity contribution in [1.82, 2.24) is 0 Å². The van der Waals surface area contributed by atoms with Crippen molar-refractivity contribution in [2.24, 2.45) is 0 Å². The van der Waals surface area contributed by atoms with Crippen LogP contribution in [0.15, 0.2) is 6.07 Å². The Balaban J connectivity index is 2.96. The third-order valence-electron chi connectivity index (χ3n) is 2.02. The summed E-state index contributed by atoms with van der Waals surface area (Å²) in [5.41, 5.74) is -1.82. The number of hydrogen-bond donors (Lipinski definition) is 1. The van der Waals surface area contributed by atoms with E-state index in [-0.39, 0.29) is 0 Å². The lowest BCUT2D eigenvalue weighted by Gasteiger charge is -2.20. The van der Waals surface area contributed by atoms with Gasteiger partial charge in [0.2, 0.25) is 0 Å². The Morgan fingerprint density at radius 2 is 1.78 bits per heavy atom. The molecule has 0 spiro atoms. The SMILES string of the molecule is Cc1c(F)cc(NC(=O)OC(C)(C)C)c(F)c1F. The summed E-state index contributed by atoms with van der Waals surface area (Å²) < 4.78 is 44.7. The molecule has 0 bridgehead atoms. The van der Waals surface area contributed by atoms with Crippen molar-refractivity contribution in [3.63, 3.8) is 0 Å². The summed E-state index contributed by atoms with van der Waals surface area (Å²) in [5, 5.41) is 1.96. The van der Waals surface area contributed by atoms with E-state index in [4.69, 9.17) is 4.74 Å². The third-order valence-corrected chi connectivity index (χ3v) is 2.02. The summed E-state index contributed by atoms with van der Waals surface area (Å²) in [6, 6.07) is 0.706. The number of anilines is 1. The molecule has 1 N–H and O–H groups in total. The molecule has 0 atom stereocenters. The minimum atomic E-state index is -1.33. The van der Waals surface area contributed by atoms with E-state index in [2.05, 4.69) is 0 Å². The summed E-state index contributed by atoms with van der Waals surface area (Å²) in [7, 11) is 0. The summed E-state index contributed by atoms with van der Waals surface area (Å²) in [5.74, 6) is -3.60. The molecule has 0 aromatic heterocycles. The van der Waals surface area contributed by atoms with Gasteiger partial charge in [0, 0.05) is 11.6 Å². The number of carbonyl (C=O) groups is 1. The van der Waals surface area contributed by atoms with Crippen LogP contribution in [0.25, 0.3) is 0 Å². The number of nitrogens with one attached hydrogen (secondary N) is 1. The second-order valence-electron chi connectivity index (χ2n) is 4.79. The van der Waals surface area contributed by atoms with Gasteiger partial charge in [0.25, 0.3) is 0 Å². The molecule has 18 heavy (non-hydrogen) atoms. The van der Waals surface area contributed by atoms with Crippen molar-refractivity contribution in [2.45, 2.75) is 33.3 Å². The summed E-state index contributed by atoms with van der Waals surface area (Å²) in [6.07, 6.45) is -0.982. The molecule has 0 saturated heterocycles. The zero-order valence-electron chi connectivity index (χ0n) is 10.5. The van der Waals surface area contributed by atoms with Crippen LogP contribution in [0, 0.1) is 24.4 Å². The van der Waals surface area contributed by atoms with Gasteiger partial charge in [0.05, 0.1) is 5.69 Å². The van der Waals surface area contributed by atoms with Crippen molar-refractivity contribution < 1.29 is 22.7 Å². The number of ether oxygens (including phenoxy) is 1. The Kier molecular flexibility index (Phi) is 3.88. The van der Waals surface area contributed by atoms with Crippen LogP contribution >= 0.6 is 0 Å². The molecular weight excluding hydrogens is 247 g/mol. The van der Waals surface area contributed by atoms with Crippen molar-refractivity contribution in [1.29, 1.82) is 0 Å². The fourth-order valence-corrected chi connectivity index (χ4v) is 1.19. The van der Waals surface area contributed by atoms with Crippen LogP contribution in [0.2, 0.25) is 0 Å². The predicted molar refractivity (Wildman–Crippen MR) is 60.9 cm³/mol. The van der Waals surface area contributed by atoms with Gasteiger partial charge in [-0.25, -0.2) is 18.0 Å². The predicted octanol–water partition coefficient (Wildman–Crippen LogP) is 3.76. The second-order valence-corrected chi connectivity index (χ2v) is 4.79. The first-order chi connectivity index (χ1) is 8.11. The molecular formula is C12H14F3NO2. The lowest BCUT2D eigenvalue weighted by molar-refractivity contribution is 0.0635. The van der Waals surface area contributed by atoms with Gasteiger partial charge in [0.1, 0.15) is 11.4 Å². The molecule has 0 fully saturated rings. The highest BCUT2D eigenvalue weighted by atomic mass is 19.2. The van der Waals surface area contributed by atoms with Gasteiger partial charge in [0.15, 0.2) is 11.6 Å². The summed E-state index contributed by atoms with van der Waals surface area (Å²) >= 11 is 0. The highest BCUT2D eigenvalue weighted by molar-refractivity contribution is 5.85. The van der Waals surface area contributed by atoms with Gasteiger partial charge >= 0.3 is 6.09 Å². The molecule has 1 rings (SSSR count). The Hall–Kier alpha value is -1.72. The molecule has 1 amide bonds. The molecule has 0 aliphatic heterocycles. The van der Waals surface area contributed by atoms with Crippen LogP contribution in [0.3, 0.4) is 0 Å². The fraction of sp³-hybridized carbons (Fsp3) is 0.417. The molecule has 0 unspecified atom stereocenters. The largest absolute Gasteiger partial charge is 0.444 e. The maximum Gasteiger partial charge on any atom is 0.412 e. The number of carbonyl (C=O) groups excluding carboxylic acids is 1. The van der Waals surface area contributed by atoms with Gasteiger partial charge in [-0.3, -0.25) is 5.32 Å². The summed E-state index contributed by atoms with van der Waals surface area (Å²) in [4.78, 5) is 11.3. The average Bonchev–Trinajstić information content (AvgIpc) is 2.20. The molecule has 3 nitrogen and oxygen atoms in total. The lowest BCUT2D eigenvalue weighted by atomic mass is 10.2. The molecule has 1 aromatic carbocycles. The van der Waals surface area contributed by atoms with E-state index in [0.717, 1.165) is 6.92 Å². The van der Waals surface area contributed by atoms with E-state index < -0.39 is 40.4 Å². The van der Waals surface area contributed by atoms with Crippen LogP contribution in [-0.4, -0.2) is 11.7 Å². The molecule has 100 valence electrons. The first kappa shape index (κ1) is 14.3. The number of hydrogen-bond acceptors (Lipinski definition) is 2. The highest BCUT2D eigenvalue weighted by Crippen LogP contribution is 2.23. The number of halogens is 3. The van der Waals surface area contributed by atoms with Crippen molar-refractivity contribution in [3.8, 4) is 0 Å². The normalized spacial score (nSPS) is 11.3. The smallest absolute Gasteiger partial charge is 0.412 e. The molecule has 0 saturated carbocycles. The van der Waals surface area contributed by atoms with E-state index in [0.29, 0.717) is 6.07 Å². The molecule has 1 aromatic rings. The zero-order chi connectivity index (χ0) is 14.1. The number of rotatable bonds is 1. The van der Waals surface area contributed by atoms with Gasteiger partial charge in [-0.1, -0.05) is 0 Å². The zero-order valence-corrected chi connectivity index (χ0v) is 10.5. The minimum Gasteiger partial charge on any atom is -0.444 e. The van der Waals surface area contributed by atoms with Crippen molar-refractivity contribution in [2.75, 3.05) is 5.32 Å². The quantitative estimate of drug-likeness (QED) is 0.782. The van der Waals surface area contributed by atoms with Crippen molar-refractivity contribution >= 4 is 11.8 Å². The fourth-order valence-electron chi connectivity index (χ4n) is 1.19. The molecule has 0 radical (unpaired) electrons. The molecule has 0 aliphatic carbocycles. The Morgan fingerprint density at radius 1 is 1.22 bits per heavy atom. The molecule has 6 heteroatoms. The number of amides is 1. The first-order valence-corrected chi connectivity index (χ1v) is 5.26. The first-order valence-electron chi connectivity index (χ1n) is 5.26. The van der Waals surface area contributed by atoms with Gasteiger partial charge in [-0.2, -0.15) is 0 Å². The average molecular weight is 261 g/mol. The number of benzene rings is 1. The molecule has 0 aliphatic rings. The second kappa shape index (κ2) is 4.88. The van der Waals surface area contributed by atoms with E-state index in [1.807, 2.05) is 5.32 Å². The standard InChI is InChI=1S/C12H14F3NO2/c1-6-7(13)5-8(10(15)9(6)14)16-11(17)18-12(2,3)4/h5H,1-4H3,(H,16,17). The third kappa shape index (κ3) is 3.38. The maximum atomic E-state index is 13.4.